The van der Waals surface area contributed by atoms with E-state index in [1.165, 1.54) is 5.56 Å². The van der Waals surface area contributed by atoms with Crippen molar-refractivity contribution >= 4 is 5.78 Å². The monoisotopic (exact) mass is 216 g/mol. The average molecular weight is 216 g/mol. The fraction of sp³-hybridized carbons (Fsp3) is 0.533. The van der Waals surface area contributed by atoms with Crippen LogP contribution in [0.2, 0.25) is 0 Å². The molecule has 3 unspecified atom stereocenters. The van der Waals surface area contributed by atoms with Gasteiger partial charge < -0.3 is 0 Å². The number of benzene rings is 1. The van der Waals surface area contributed by atoms with Crippen molar-refractivity contribution in [2.45, 2.75) is 33.1 Å². The summed E-state index contributed by atoms with van der Waals surface area (Å²) >= 11 is 0. The Balaban J connectivity index is 2.27. The van der Waals surface area contributed by atoms with E-state index in [9.17, 15) is 4.79 Å². The first-order valence-corrected chi connectivity index (χ1v) is 6.25. The molecule has 0 aliphatic heterocycles. The molecule has 0 heterocycles. The van der Waals surface area contributed by atoms with Gasteiger partial charge >= 0.3 is 0 Å². The molecule has 1 aromatic rings. The Morgan fingerprint density at radius 2 is 1.81 bits per heavy atom. The van der Waals surface area contributed by atoms with Gasteiger partial charge in [-0.3, -0.25) is 4.79 Å². The molecule has 1 aliphatic carbocycles. The molecule has 0 amide bonds. The predicted molar refractivity (Wildman–Crippen MR) is 66.3 cm³/mol. The third kappa shape index (κ3) is 1.68. The highest BCUT2D eigenvalue weighted by atomic mass is 16.1. The number of ketones is 1. The van der Waals surface area contributed by atoms with Gasteiger partial charge in [-0.25, -0.2) is 0 Å². The second kappa shape index (κ2) is 4.40. The Bertz CT molecular complexity index is 366. The maximum absolute atomic E-state index is 12.0. The lowest BCUT2D eigenvalue weighted by atomic mass is 9.56. The summed E-state index contributed by atoms with van der Waals surface area (Å²) in [6, 6.07) is 10.5. The summed E-state index contributed by atoms with van der Waals surface area (Å²) in [6.07, 6.45) is 0.974. The molecule has 0 saturated heterocycles. The van der Waals surface area contributed by atoms with Crippen LogP contribution in [0.15, 0.2) is 30.3 Å². The van der Waals surface area contributed by atoms with Crippen molar-refractivity contribution in [3.63, 3.8) is 0 Å². The molecule has 1 fully saturated rings. The van der Waals surface area contributed by atoms with Crippen molar-refractivity contribution in [3.8, 4) is 0 Å². The molecule has 1 aliphatic rings. The van der Waals surface area contributed by atoms with Crippen LogP contribution in [-0.4, -0.2) is 5.78 Å². The van der Waals surface area contributed by atoms with Crippen molar-refractivity contribution < 1.29 is 4.79 Å². The van der Waals surface area contributed by atoms with E-state index in [2.05, 4.69) is 45.0 Å². The second-order valence-corrected chi connectivity index (χ2v) is 5.12. The van der Waals surface area contributed by atoms with Crippen molar-refractivity contribution in [3.05, 3.63) is 35.9 Å². The smallest absolute Gasteiger partial charge is 0.140 e. The van der Waals surface area contributed by atoms with Gasteiger partial charge in [0.1, 0.15) is 5.78 Å². The van der Waals surface area contributed by atoms with Gasteiger partial charge in [-0.2, -0.15) is 0 Å². The number of hydrogen-bond acceptors (Lipinski definition) is 1. The van der Waals surface area contributed by atoms with Crippen molar-refractivity contribution in [1.82, 2.24) is 0 Å². The molecular weight excluding hydrogens is 196 g/mol. The SMILES string of the molecule is CCC1C(=O)C(C(C)C)C1c1ccccc1. The molecule has 0 aromatic heterocycles. The maximum atomic E-state index is 12.0. The Kier molecular flexibility index (Phi) is 3.13. The first-order valence-electron chi connectivity index (χ1n) is 6.25. The van der Waals surface area contributed by atoms with E-state index in [1.54, 1.807) is 0 Å². The Morgan fingerprint density at radius 1 is 1.19 bits per heavy atom. The molecule has 1 aromatic carbocycles. The highest BCUT2D eigenvalue weighted by Crippen LogP contribution is 2.49. The molecule has 3 atom stereocenters. The molecule has 0 spiro atoms. The van der Waals surface area contributed by atoms with E-state index in [0.717, 1.165) is 6.42 Å². The van der Waals surface area contributed by atoms with E-state index in [-0.39, 0.29) is 11.8 Å². The van der Waals surface area contributed by atoms with Crippen LogP contribution in [-0.2, 0) is 4.79 Å². The summed E-state index contributed by atoms with van der Waals surface area (Å²) in [5, 5.41) is 0. The Labute approximate surface area is 97.9 Å². The first kappa shape index (κ1) is 11.4. The summed E-state index contributed by atoms with van der Waals surface area (Å²) in [6.45, 7) is 6.43. The largest absolute Gasteiger partial charge is 0.299 e. The fourth-order valence-corrected chi connectivity index (χ4v) is 3.05. The Hall–Kier alpha value is -1.11. The molecule has 86 valence electrons. The molecular formula is C15H20O. The minimum atomic E-state index is 0.243. The highest BCUT2D eigenvalue weighted by Gasteiger charge is 2.49. The normalized spacial score (nSPS) is 29.2. The van der Waals surface area contributed by atoms with Gasteiger partial charge in [0.05, 0.1) is 0 Å². The standard InChI is InChI=1S/C15H20O/c1-4-12-14(11-8-6-5-7-9-11)13(10(2)3)15(12)16/h5-10,12-14H,4H2,1-3H3. The van der Waals surface area contributed by atoms with Gasteiger partial charge in [-0.1, -0.05) is 51.1 Å². The molecule has 0 N–H and O–H groups in total. The zero-order chi connectivity index (χ0) is 11.7. The second-order valence-electron chi connectivity index (χ2n) is 5.12. The maximum Gasteiger partial charge on any atom is 0.140 e. The van der Waals surface area contributed by atoms with E-state index < -0.39 is 0 Å². The summed E-state index contributed by atoms with van der Waals surface area (Å²) in [7, 11) is 0. The third-order valence-corrected chi connectivity index (χ3v) is 3.86. The van der Waals surface area contributed by atoms with Gasteiger partial charge in [0, 0.05) is 17.8 Å². The molecule has 1 saturated carbocycles. The Morgan fingerprint density at radius 3 is 2.31 bits per heavy atom. The number of hydrogen-bond donors (Lipinski definition) is 0. The minimum absolute atomic E-state index is 0.243. The lowest BCUT2D eigenvalue weighted by Crippen LogP contribution is -2.47. The topological polar surface area (TPSA) is 17.1 Å². The zero-order valence-electron chi connectivity index (χ0n) is 10.3. The average Bonchev–Trinajstić information content (AvgIpc) is 2.27. The predicted octanol–water partition coefficient (Wildman–Crippen LogP) is 3.65. The number of rotatable bonds is 3. The summed E-state index contributed by atoms with van der Waals surface area (Å²) in [4.78, 5) is 12.0. The molecule has 1 nitrogen and oxygen atoms in total. The molecule has 0 bridgehead atoms. The van der Waals surface area contributed by atoms with Crippen LogP contribution >= 0.6 is 0 Å². The van der Waals surface area contributed by atoms with E-state index >= 15 is 0 Å². The van der Waals surface area contributed by atoms with Crippen molar-refractivity contribution in [2.24, 2.45) is 17.8 Å². The van der Waals surface area contributed by atoms with Crippen LogP contribution in [0.5, 0.6) is 0 Å². The molecule has 16 heavy (non-hydrogen) atoms. The van der Waals surface area contributed by atoms with Crippen LogP contribution in [0.25, 0.3) is 0 Å². The van der Waals surface area contributed by atoms with Gasteiger partial charge in [-0.15, -0.1) is 0 Å². The van der Waals surface area contributed by atoms with Gasteiger partial charge in [-0.05, 0) is 17.9 Å². The summed E-state index contributed by atoms with van der Waals surface area (Å²) in [5.41, 5.74) is 1.34. The van der Waals surface area contributed by atoms with E-state index in [1.807, 2.05) is 6.07 Å². The van der Waals surface area contributed by atoms with Crippen LogP contribution in [0.1, 0.15) is 38.7 Å². The number of Topliss-reactive ketones (excluding diaryl/α,β-unsaturated/α-hetero) is 1. The van der Waals surface area contributed by atoms with Crippen LogP contribution < -0.4 is 0 Å². The molecule has 1 heteroatoms. The third-order valence-electron chi connectivity index (χ3n) is 3.86. The summed E-state index contributed by atoms with van der Waals surface area (Å²) in [5.74, 6) is 1.90. The van der Waals surface area contributed by atoms with Gasteiger partial charge in [0.2, 0.25) is 0 Å². The van der Waals surface area contributed by atoms with Gasteiger partial charge in [0.15, 0.2) is 0 Å². The van der Waals surface area contributed by atoms with Gasteiger partial charge in [0.25, 0.3) is 0 Å². The summed E-state index contributed by atoms with van der Waals surface area (Å²) < 4.78 is 0. The molecule has 0 radical (unpaired) electrons. The van der Waals surface area contributed by atoms with E-state index in [4.69, 9.17) is 0 Å². The van der Waals surface area contributed by atoms with Crippen LogP contribution in [0.3, 0.4) is 0 Å². The zero-order valence-corrected chi connectivity index (χ0v) is 10.3. The van der Waals surface area contributed by atoms with Crippen molar-refractivity contribution in [2.75, 3.05) is 0 Å². The quantitative estimate of drug-likeness (QED) is 0.753. The number of carbonyl (C=O) groups excluding carboxylic acids is 1. The van der Waals surface area contributed by atoms with Crippen LogP contribution in [0.4, 0.5) is 0 Å². The minimum Gasteiger partial charge on any atom is -0.299 e. The lowest BCUT2D eigenvalue weighted by molar-refractivity contribution is -0.141. The molecule has 2 rings (SSSR count). The highest BCUT2D eigenvalue weighted by molar-refractivity contribution is 5.92. The number of carbonyl (C=O) groups is 1. The fourth-order valence-electron chi connectivity index (χ4n) is 3.05. The first-order chi connectivity index (χ1) is 7.66. The van der Waals surface area contributed by atoms with Crippen molar-refractivity contribution in [1.29, 1.82) is 0 Å². The van der Waals surface area contributed by atoms with Crippen LogP contribution in [0, 0.1) is 17.8 Å². The lowest BCUT2D eigenvalue weighted by Gasteiger charge is -2.45. The van der Waals surface area contributed by atoms with E-state index in [0.29, 0.717) is 17.6 Å².